The molecule has 0 radical (unpaired) electrons. The molecule has 0 aliphatic carbocycles. The third-order valence-corrected chi connectivity index (χ3v) is 3.56. The lowest BCUT2D eigenvalue weighted by atomic mass is 9.88. The smallest absolute Gasteiger partial charge is 0.165 e. The molecule has 2 N–H and O–H groups in total. The van der Waals surface area contributed by atoms with E-state index < -0.39 is 0 Å². The van der Waals surface area contributed by atoms with E-state index >= 15 is 0 Å². The number of rotatable bonds is 4. The highest BCUT2D eigenvalue weighted by molar-refractivity contribution is 5.29. The zero-order chi connectivity index (χ0) is 13.0. The Balaban J connectivity index is 1.97. The van der Waals surface area contributed by atoms with Crippen LogP contribution in [-0.2, 0) is 11.2 Å². The van der Waals surface area contributed by atoms with Crippen LogP contribution in [0.3, 0.4) is 0 Å². The van der Waals surface area contributed by atoms with Crippen LogP contribution in [0.15, 0.2) is 18.2 Å². The lowest BCUT2D eigenvalue weighted by molar-refractivity contribution is 0.0585. The van der Waals surface area contributed by atoms with Crippen LogP contribution < -0.4 is 10.5 Å². The van der Waals surface area contributed by atoms with Gasteiger partial charge in [-0.2, -0.15) is 0 Å². The first-order valence-corrected chi connectivity index (χ1v) is 6.36. The normalized spacial score (nSPS) is 18.6. The summed E-state index contributed by atoms with van der Waals surface area (Å²) in [4.78, 5) is 0. The van der Waals surface area contributed by atoms with Crippen molar-refractivity contribution in [3.8, 4) is 5.75 Å². The minimum atomic E-state index is -0.325. The summed E-state index contributed by atoms with van der Waals surface area (Å²) in [7, 11) is 1.46. The van der Waals surface area contributed by atoms with Crippen molar-refractivity contribution in [2.24, 2.45) is 11.7 Å². The van der Waals surface area contributed by atoms with Crippen molar-refractivity contribution in [3.63, 3.8) is 0 Å². The monoisotopic (exact) mass is 253 g/mol. The first kappa shape index (κ1) is 13.3. The summed E-state index contributed by atoms with van der Waals surface area (Å²) in [5.41, 5.74) is 7.12. The predicted octanol–water partition coefficient (Wildman–Crippen LogP) is 2.13. The van der Waals surface area contributed by atoms with Gasteiger partial charge in [0.2, 0.25) is 0 Å². The fourth-order valence-corrected chi connectivity index (χ4v) is 2.42. The van der Waals surface area contributed by atoms with Gasteiger partial charge in [0.05, 0.1) is 7.11 Å². The maximum absolute atomic E-state index is 13.6. The average molecular weight is 253 g/mol. The Kier molecular flexibility index (Phi) is 4.55. The zero-order valence-electron chi connectivity index (χ0n) is 10.7. The Morgan fingerprint density at radius 3 is 2.78 bits per heavy atom. The van der Waals surface area contributed by atoms with Crippen molar-refractivity contribution in [2.45, 2.75) is 25.3 Å². The molecule has 2 rings (SSSR count). The number of benzene rings is 1. The van der Waals surface area contributed by atoms with Gasteiger partial charge in [-0.3, -0.25) is 0 Å². The number of hydrogen-bond donors (Lipinski definition) is 1. The van der Waals surface area contributed by atoms with E-state index in [-0.39, 0.29) is 17.6 Å². The SMILES string of the molecule is COc1ccc(CC(N)C2CCOCC2)cc1F. The predicted molar refractivity (Wildman–Crippen MR) is 68.2 cm³/mol. The average Bonchev–Trinajstić information content (AvgIpc) is 2.40. The fraction of sp³-hybridized carbons (Fsp3) is 0.571. The Bertz CT molecular complexity index is 391. The van der Waals surface area contributed by atoms with Gasteiger partial charge in [-0.1, -0.05) is 6.07 Å². The Morgan fingerprint density at radius 1 is 1.44 bits per heavy atom. The lowest BCUT2D eigenvalue weighted by Gasteiger charge is -2.27. The maximum Gasteiger partial charge on any atom is 0.165 e. The summed E-state index contributed by atoms with van der Waals surface area (Å²) in [5.74, 6) is 0.427. The fourth-order valence-electron chi connectivity index (χ4n) is 2.42. The Morgan fingerprint density at radius 2 is 2.17 bits per heavy atom. The molecular weight excluding hydrogens is 233 g/mol. The van der Waals surface area contributed by atoms with Crippen LogP contribution in [0.5, 0.6) is 5.75 Å². The molecule has 4 heteroatoms. The zero-order valence-corrected chi connectivity index (χ0v) is 10.7. The second kappa shape index (κ2) is 6.16. The summed E-state index contributed by atoms with van der Waals surface area (Å²) < 4.78 is 23.8. The Labute approximate surface area is 107 Å². The molecule has 0 bridgehead atoms. The van der Waals surface area contributed by atoms with E-state index in [9.17, 15) is 4.39 Å². The summed E-state index contributed by atoms with van der Waals surface area (Å²) in [6.07, 6.45) is 2.70. The van der Waals surface area contributed by atoms with E-state index in [4.69, 9.17) is 15.2 Å². The first-order valence-electron chi connectivity index (χ1n) is 6.36. The summed E-state index contributed by atoms with van der Waals surface area (Å²) >= 11 is 0. The number of halogens is 1. The van der Waals surface area contributed by atoms with Crippen LogP contribution in [-0.4, -0.2) is 26.4 Å². The van der Waals surface area contributed by atoms with E-state index in [0.29, 0.717) is 12.3 Å². The van der Waals surface area contributed by atoms with E-state index in [1.165, 1.54) is 13.2 Å². The molecule has 1 aliphatic heterocycles. The van der Waals surface area contributed by atoms with Crippen molar-refractivity contribution in [3.05, 3.63) is 29.6 Å². The standard InChI is InChI=1S/C14H20FNO2/c1-17-14-3-2-10(8-12(14)15)9-13(16)11-4-6-18-7-5-11/h2-3,8,11,13H,4-7,9,16H2,1H3. The van der Waals surface area contributed by atoms with Gasteiger partial charge in [0, 0.05) is 19.3 Å². The molecule has 1 unspecified atom stereocenters. The van der Waals surface area contributed by atoms with Gasteiger partial charge in [-0.25, -0.2) is 4.39 Å². The highest BCUT2D eigenvalue weighted by Crippen LogP contribution is 2.22. The minimum absolute atomic E-state index is 0.0710. The molecule has 3 nitrogen and oxygen atoms in total. The molecule has 1 aliphatic rings. The molecule has 18 heavy (non-hydrogen) atoms. The topological polar surface area (TPSA) is 44.5 Å². The molecule has 1 heterocycles. The van der Waals surface area contributed by atoms with E-state index in [0.717, 1.165) is 31.6 Å². The van der Waals surface area contributed by atoms with Crippen molar-refractivity contribution in [1.82, 2.24) is 0 Å². The molecular formula is C14H20FNO2. The van der Waals surface area contributed by atoms with Gasteiger partial charge in [-0.15, -0.1) is 0 Å². The third kappa shape index (κ3) is 3.21. The van der Waals surface area contributed by atoms with Crippen LogP contribution in [0.1, 0.15) is 18.4 Å². The van der Waals surface area contributed by atoms with E-state index in [2.05, 4.69) is 0 Å². The molecule has 100 valence electrons. The Hall–Kier alpha value is -1.13. The maximum atomic E-state index is 13.6. The van der Waals surface area contributed by atoms with Crippen LogP contribution in [0.2, 0.25) is 0 Å². The number of hydrogen-bond acceptors (Lipinski definition) is 3. The molecule has 1 aromatic rings. The van der Waals surface area contributed by atoms with Crippen LogP contribution in [0.25, 0.3) is 0 Å². The van der Waals surface area contributed by atoms with E-state index in [1.807, 2.05) is 6.07 Å². The summed E-state index contributed by atoms with van der Waals surface area (Å²) in [6.45, 7) is 1.57. The number of methoxy groups -OCH3 is 1. The van der Waals surface area contributed by atoms with Crippen molar-refractivity contribution >= 4 is 0 Å². The van der Waals surface area contributed by atoms with Crippen molar-refractivity contribution in [1.29, 1.82) is 0 Å². The largest absolute Gasteiger partial charge is 0.494 e. The van der Waals surface area contributed by atoms with Crippen molar-refractivity contribution in [2.75, 3.05) is 20.3 Å². The minimum Gasteiger partial charge on any atom is -0.494 e. The van der Waals surface area contributed by atoms with Crippen LogP contribution in [0, 0.1) is 11.7 Å². The highest BCUT2D eigenvalue weighted by atomic mass is 19.1. The van der Waals surface area contributed by atoms with Gasteiger partial charge < -0.3 is 15.2 Å². The molecule has 0 spiro atoms. The molecule has 0 aromatic heterocycles. The summed E-state index contributed by atoms with van der Waals surface area (Å²) in [5, 5.41) is 0. The summed E-state index contributed by atoms with van der Waals surface area (Å²) in [6, 6.07) is 5.11. The molecule has 1 saturated heterocycles. The number of nitrogens with two attached hydrogens (primary N) is 1. The second-order valence-electron chi connectivity index (χ2n) is 4.79. The molecule has 0 amide bonds. The molecule has 1 aromatic carbocycles. The third-order valence-electron chi connectivity index (χ3n) is 3.56. The van der Waals surface area contributed by atoms with Gasteiger partial charge in [-0.05, 0) is 42.9 Å². The van der Waals surface area contributed by atoms with Crippen molar-refractivity contribution < 1.29 is 13.9 Å². The van der Waals surface area contributed by atoms with Gasteiger partial charge in [0.25, 0.3) is 0 Å². The lowest BCUT2D eigenvalue weighted by Crippen LogP contribution is -2.36. The number of ether oxygens (including phenoxy) is 2. The van der Waals surface area contributed by atoms with Gasteiger partial charge in [0.15, 0.2) is 11.6 Å². The van der Waals surface area contributed by atoms with Gasteiger partial charge >= 0.3 is 0 Å². The van der Waals surface area contributed by atoms with Crippen LogP contribution >= 0.6 is 0 Å². The quantitative estimate of drug-likeness (QED) is 0.894. The first-order chi connectivity index (χ1) is 8.70. The second-order valence-corrected chi connectivity index (χ2v) is 4.79. The van der Waals surface area contributed by atoms with E-state index in [1.54, 1.807) is 6.07 Å². The molecule has 0 saturated carbocycles. The van der Waals surface area contributed by atoms with Crippen LogP contribution in [0.4, 0.5) is 4.39 Å². The molecule has 1 fully saturated rings. The van der Waals surface area contributed by atoms with Gasteiger partial charge in [0.1, 0.15) is 0 Å². The highest BCUT2D eigenvalue weighted by Gasteiger charge is 2.21. The molecule has 1 atom stereocenters.